The standard InChI is InChI=1S/C36H36N6O3S/c1-35(2)31(32-38-39-40-41(32)23-24-11-7-5-8-12-24)42-33(43)30(34(42)46-35)37-36(25-13-9-6-10-14-25,26-15-19-28(44-3)20-16-26)27-17-21-29(45-4)22-18-27/h5-22,30-31,34,37H,23H2,1-4H3. The van der Waals surface area contributed by atoms with Crippen LogP contribution in [0.2, 0.25) is 0 Å². The van der Waals surface area contributed by atoms with Gasteiger partial charge in [0, 0.05) is 4.75 Å². The van der Waals surface area contributed by atoms with Gasteiger partial charge in [-0.3, -0.25) is 10.1 Å². The first kappa shape index (κ1) is 30.0. The normalized spacial score (nSPS) is 20.2. The van der Waals surface area contributed by atoms with E-state index in [2.05, 4.69) is 83.2 Å². The second-order valence-electron chi connectivity index (χ2n) is 12.1. The first-order valence-electron chi connectivity index (χ1n) is 15.3. The number of nitrogens with zero attached hydrogens (tertiary/aromatic N) is 5. The number of amides is 1. The van der Waals surface area contributed by atoms with Crippen molar-refractivity contribution in [3.8, 4) is 11.5 Å². The number of benzene rings is 4. The van der Waals surface area contributed by atoms with Crippen molar-refractivity contribution in [3.05, 3.63) is 137 Å². The van der Waals surface area contributed by atoms with Gasteiger partial charge in [0.15, 0.2) is 5.82 Å². The SMILES string of the molecule is COc1ccc(C(NC2C(=O)N3C2SC(C)(C)C3c2nnnn2Cc2ccccc2)(c2ccccc2)c2ccc(OC)cc2)cc1. The van der Waals surface area contributed by atoms with Gasteiger partial charge in [-0.2, -0.15) is 0 Å². The largest absolute Gasteiger partial charge is 0.497 e. The van der Waals surface area contributed by atoms with Gasteiger partial charge in [-0.15, -0.1) is 16.9 Å². The molecule has 0 spiro atoms. The van der Waals surface area contributed by atoms with Crippen molar-refractivity contribution in [3.63, 3.8) is 0 Å². The Morgan fingerprint density at radius 2 is 1.35 bits per heavy atom. The maximum Gasteiger partial charge on any atom is 0.244 e. The zero-order valence-corrected chi connectivity index (χ0v) is 27.0. The third-order valence-corrected chi connectivity index (χ3v) is 10.6. The van der Waals surface area contributed by atoms with E-state index >= 15 is 0 Å². The van der Waals surface area contributed by atoms with Gasteiger partial charge in [0.1, 0.15) is 29.0 Å². The predicted molar refractivity (Wildman–Crippen MR) is 178 cm³/mol. The maximum atomic E-state index is 14.4. The molecule has 3 unspecified atom stereocenters. The molecular formula is C36H36N6O3S. The summed E-state index contributed by atoms with van der Waals surface area (Å²) in [6.07, 6.45) is 0. The van der Waals surface area contributed by atoms with Crippen LogP contribution in [0.25, 0.3) is 0 Å². The average Bonchev–Trinajstić information content (AvgIpc) is 3.64. The summed E-state index contributed by atoms with van der Waals surface area (Å²) in [6.45, 7) is 4.87. The van der Waals surface area contributed by atoms with Crippen molar-refractivity contribution in [1.82, 2.24) is 30.4 Å². The van der Waals surface area contributed by atoms with Crippen LogP contribution in [0.4, 0.5) is 0 Å². The lowest BCUT2D eigenvalue weighted by atomic mass is 9.75. The molecule has 0 saturated carbocycles. The molecule has 2 saturated heterocycles. The van der Waals surface area contributed by atoms with Gasteiger partial charge < -0.3 is 14.4 Å². The summed E-state index contributed by atoms with van der Waals surface area (Å²) in [7, 11) is 3.32. The number of thioether (sulfide) groups is 1. The quantitative estimate of drug-likeness (QED) is 0.161. The lowest BCUT2D eigenvalue weighted by Crippen LogP contribution is -2.70. The van der Waals surface area contributed by atoms with Crippen molar-refractivity contribution in [2.75, 3.05) is 14.2 Å². The number of carbonyl (C=O) groups is 1. The highest BCUT2D eigenvalue weighted by molar-refractivity contribution is 8.01. The van der Waals surface area contributed by atoms with Gasteiger partial charge in [-0.05, 0) is 70.8 Å². The van der Waals surface area contributed by atoms with Crippen LogP contribution in [-0.2, 0) is 16.9 Å². The Kier molecular flexibility index (Phi) is 7.78. The Bertz CT molecular complexity index is 1770. The van der Waals surface area contributed by atoms with Crippen molar-refractivity contribution in [2.24, 2.45) is 0 Å². The highest BCUT2D eigenvalue weighted by Gasteiger charge is 2.64. The van der Waals surface area contributed by atoms with Gasteiger partial charge in [0.05, 0.1) is 26.3 Å². The minimum Gasteiger partial charge on any atom is -0.497 e. The number of carbonyl (C=O) groups excluding carboxylic acids is 1. The fourth-order valence-corrected chi connectivity index (χ4v) is 8.42. The van der Waals surface area contributed by atoms with E-state index in [1.807, 2.05) is 70.2 Å². The Hall–Kier alpha value is -4.67. The van der Waals surface area contributed by atoms with Crippen LogP contribution in [0.5, 0.6) is 11.5 Å². The highest BCUT2D eigenvalue weighted by Crippen LogP contribution is 2.57. The number of ether oxygens (including phenoxy) is 2. The molecule has 2 aliphatic rings. The van der Waals surface area contributed by atoms with E-state index in [0.717, 1.165) is 33.8 Å². The topological polar surface area (TPSA) is 94.4 Å². The zero-order chi connectivity index (χ0) is 31.9. The molecule has 0 bridgehead atoms. The Labute approximate surface area is 272 Å². The van der Waals surface area contributed by atoms with E-state index < -0.39 is 11.6 Å². The fraction of sp³-hybridized carbons (Fsp3) is 0.278. The van der Waals surface area contributed by atoms with Gasteiger partial charge in [0.2, 0.25) is 5.91 Å². The number of hydrogen-bond acceptors (Lipinski definition) is 8. The molecule has 3 atom stereocenters. The fourth-order valence-electron chi connectivity index (χ4n) is 6.79. The number of fused-ring (bicyclic) bond motifs is 1. The second-order valence-corrected chi connectivity index (χ2v) is 13.9. The van der Waals surface area contributed by atoms with Crippen LogP contribution in [0, 0.1) is 0 Å². The van der Waals surface area contributed by atoms with Gasteiger partial charge in [-0.1, -0.05) is 84.9 Å². The molecule has 2 aliphatic heterocycles. The van der Waals surface area contributed by atoms with Crippen molar-refractivity contribution in [1.29, 1.82) is 0 Å². The minimum absolute atomic E-state index is 0.0182. The van der Waals surface area contributed by atoms with E-state index in [4.69, 9.17) is 9.47 Å². The summed E-state index contributed by atoms with van der Waals surface area (Å²) in [6, 6.07) is 35.7. The second kappa shape index (κ2) is 11.9. The summed E-state index contributed by atoms with van der Waals surface area (Å²) >= 11 is 1.78. The van der Waals surface area contributed by atoms with Gasteiger partial charge in [0.25, 0.3) is 0 Å². The van der Waals surface area contributed by atoms with Crippen LogP contribution >= 0.6 is 11.8 Å². The molecule has 3 heterocycles. The number of β-lactam (4-membered cyclic amide) rings is 1. The van der Waals surface area contributed by atoms with Crippen molar-refractivity contribution < 1.29 is 14.3 Å². The van der Waals surface area contributed by atoms with E-state index in [1.165, 1.54) is 0 Å². The smallest absolute Gasteiger partial charge is 0.244 e. The van der Waals surface area contributed by atoms with Crippen molar-refractivity contribution >= 4 is 17.7 Å². The van der Waals surface area contributed by atoms with Crippen molar-refractivity contribution in [2.45, 2.75) is 48.1 Å². The predicted octanol–water partition coefficient (Wildman–Crippen LogP) is 5.42. The van der Waals surface area contributed by atoms with Gasteiger partial charge in [-0.25, -0.2) is 4.68 Å². The number of methoxy groups -OCH3 is 2. The van der Waals surface area contributed by atoms with Crippen LogP contribution in [0.1, 0.15) is 48.0 Å². The Morgan fingerprint density at radius 1 is 0.804 bits per heavy atom. The average molecular weight is 633 g/mol. The molecule has 0 radical (unpaired) electrons. The highest BCUT2D eigenvalue weighted by atomic mass is 32.2. The zero-order valence-electron chi connectivity index (χ0n) is 26.2. The molecule has 5 aromatic rings. The first-order chi connectivity index (χ1) is 22.4. The molecule has 0 aliphatic carbocycles. The Balaban J connectivity index is 1.29. The minimum atomic E-state index is -0.857. The molecule has 7 rings (SSSR count). The number of hydrogen-bond donors (Lipinski definition) is 1. The third-order valence-electron chi connectivity index (χ3n) is 9.05. The summed E-state index contributed by atoms with van der Waals surface area (Å²) in [5, 5.41) is 16.6. The molecule has 1 aromatic heterocycles. The molecular weight excluding hydrogens is 597 g/mol. The number of aromatic nitrogens is 4. The Morgan fingerprint density at radius 3 is 1.91 bits per heavy atom. The van der Waals surface area contributed by atoms with Gasteiger partial charge >= 0.3 is 0 Å². The molecule has 1 amide bonds. The molecule has 4 aromatic carbocycles. The maximum absolute atomic E-state index is 14.4. The first-order valence-corrected chi connectivity index (χ1v) is 16.2. The van der Waals surface area contributed by atoms with Crippen LogP contribution in [-0.4, -0.2) is 61.4 Å². The summed E-state index contributed by atoms with van der Waals surface area (Å²) < 4.78 is 12.5. The summed E-state index contributed by atoms with van der Waals surface area (Å²) in [4.78, 5) is 16.4. The number of tetrazole rings is 1. The molecule has 9 nitrogen and oxygen atoms in total. The third kappa shape index (κ3) is 5.02. The molecule has 1 N–H and O–H groups in total. The molecule has 234 valence electrons. The van der Waals surface area contributed by atoms with E-state index in [-0.39, 0.29) is 22.1 Å². The van der Waals surface area contributed by atoms with E-state index in [9.17, 15) is 4.79 Å². The molecule has 2 fully saturated rings. The van der Waals surface area contributed by atoms with E-state index in [0.29, 0.717) is 12.4 Å². The monoisotopic (exact) mass is 632 g/mol. The van der Waals surface area contributed by atoms with Crippen LogP contribution in [0.3, 0.4) is 0 Å². The van der Waals surface area contributed by atoms with Crippen LogP contribution < -0.4 is 14.8 Å². The lowest BCUT2D eigenvalue weighted by molar-refractivity contribution is -0.150. The number of rotatable bonds is 10. The summed E-state index contributed by atoms with van der Waals surface area (Å²) in [5.74, 6) is 2.23. The lowest BCUT2D eigenvalue weighted by Gasteiger charge is -2.49. The van der Waals surface area contributed by atoms with Crippen LogP contribution in [0.15, 0.2) is 109 Å². The number of nitrogens with one attached hydrogen (secondary N) is 1. The molecule has 10 heteroatoms. The van der Waals surface area contributed by atoms with E-state index in [1.54, 1.807) is 26.0 Å². The summed E-state index contributed by atoms with van der Waals surface area (Å²) in [5.41, 5.74) is 3.23. The molecule has 46 heavy (non-hydrogen) atoms.